The van der Waals surface area contributed by atoms with Crippen molar-refractivity contribution in [1.29, 1.82) is 0 Å². The van der Waals surface area contributed by atoms with Gasteiger partial charge in [0, 0.05) is 25.7 Å². The Kier molecular flexibility index (Phi) is 4.80. The van der Waals surface area contributed by atoms with Gasteiger partial charge < -0.3 is 10.6 Å². The van der Waals surface area contributed by atoms with Crippen molar-refractivity contribution in [2.45, 2.75) is 12.2 Å². The van der Waals surface area contributed by atoms with Gasteiger partial charge in [-0.2, -0.15) is 13.2 Å². The summed E-state index contributed by atoms with van der Waals surface area (Å²) in [4.78, 5) is 0. The van der Waals surface area contributed by atoms with Crippen molar-refractivity contribution in [2.24, 2.45) is 0 Å². The fraction of sp³-hybridized carbons (Fsp3) is 0.455. The van der Waals surface area contributed by atoms with E-state index in [1.165, 1.54) is 12.1 Å². The van der Waals surface area contributed by atoms with Crippen LogP contribution in [0.1, 0.15) is 17.2 Å². The zero-order valence-corrected chi connectivity index (χ0v) is 9.87. The van der Waals surface area contributed by atoms with Gasteiger partial charge in [0.15, 0.2) is 0 Å². The van der Waals surface area contributed by atoms with Crippen molar-refractivity contribution in [3.05, 3.63) is 35.4 Å². The molecule has 2 N–H and O–H groups in total. The van der Waals surface area contributed by atoms with E-state index in [1.807, 2.05) is 0 Å². The number of hydrogen-bond donors (Lipinski definition) is 2. The maximum absolute atomic E-state index is 12.3. The Morgan fingerprint density at radius 3 is 2.18 bits per heavy atom. The molecule has 1 saturated heterocycles. The third kappa shape index (κ3) is 3.59. The van der Waals surface area contributed by atoms with E-state index < -0.39 is 11.7 Å². The largest absolute Gasteiger partial charge is 0.416 e. The van der Waals surface area contributed by atoms with Gasteiger partial charge in [-0.1, -0.05) is 12.1 Å². The summed E-state index contributed by atoms with van der Waals surface area (Å²) in [5.74, 6) is 0. The van der Waals surface area contributed by atoms with E-state index in [1.54, 1.807) is 0 Å². The van der Waals surface area contributed by atoms with E-state index in [4.69, 9.17) is 0 Å². The third-order valence-electron chi connectivity index (χ3n) is 2.68. The first-order chi connectivity index (χ1) is 7.57. The monoisotopic (exact) mass is 266 g/mol. The second-order valence-corrected chi connectivity index (χ2v) is 3.83. The molecule has 0 aromatic heterocycles. The molecule has 2 rings (SSSR count). The molecule has 1 atom stereocenters. The minimum absolute atomic E-state index is 0. The molecule has 1 aromatic carbocycles. The van der Waals surface area contributed by atoms with Gasteiger partial charge in [0.2, 0.25) is 0 Å². The molecule has 1 heterocycles. The van der Waals surface area contributed by atoms with Crippen LogP contribution in [0.3, 0.4) is 0 Å². The molecule has 96 valence electrons. The summed E-state index contributed by atoms with van der Waals surface area (Å²) in [6.07, 6.45) is -4.25. The van der Waals surface area contributed by atoms with Crippen LogP contribution in [0.5, 0.6) is 0 Å². The van der Waals surface area contributed by atoms with Crippen molar-refractivity contribution in [1.82, 2.24) is 10.6 Å². The van der Waals surface area contributed by atoms with Crippen LogP contribution in [0.2, 0.25) is 0 Å². The van der Waals surface area contributed by atoms with Crippen LogP contribution in [0.25, 0.3) is 0 Å². The molecule has 0 unspecified atom stereocenters. The Balaban J connectivity index is 0.00000144. The van der Waals surface area contributed by atoms with E-state index in [-0.39, 0.29) is 18.4 Å². The normalized spacial score (nSPS) is 20.8. The molecule has 0 saturated carbocycles. The smallest absolute Gasteiger partial charge is 0.314 e. The number of benzene rings is 1. The van der Waals surface area contributed by atoms with E-state index >= 15 is 0 Å². The summed E-state index contributed by atoms with van der Waals surface area (Å²) < 4.78 is 37.0. The fourth-order valence-corrected chi connectivity index (χ4v) is 1.79. The van der Waals surface area contributed by atoms with Crippen LogP contribution in [-0.4, -0.2) is 19.6 Å². The lowest BCUT2D eigenvalue weighted by atomic mass is 10.0. The minimum Gasteiger partial charge on any atom is -0.314 e. The van der Waals surface area contributed by atoms with Crippen LogP contribution in [0.4, 0.5) is 13.2 Å². The van der Waals surface area contributed by atoms with Gasteiger partial charge in [-0.15, -0.1) is 12.4 Å². The number of alkyl halides is 3. The Morgan fingerprint density at radius 1 is 1.06 bits per heavy atom. The van der Waals surface area contributed by atoms with E-state index in [0.717, 1.165) is 37.3 Å². The lowest BCUT2D eigenvalue weighted by Crippen LogP contribution is -2.42. The highest BCUT2D eigenvalue weighted by atomic mass is 35.5. The molecule has 2 nitrogen and oxygen atoms in total. The topological polar surface area (TPSA) is 24.1 Å². The van der Waals surface area contributed by atoms with Crippen LogP contribution in [0, 0.1) is 0 Å². The lowest BCUT2D eigenvalue weighted by molar-refractivity contribution is -0.137. The maximum Gasteiger partial charge on any atom is 0.416 e. The first-order valence-electron chi connectivity index (χ1n) is 5.18. The average molecular weight is 267 g/mol. The minimum atomic E-state index is -4.25. The van der Waals surface area contributed by atoms with Crippen LogP contribution in [0.15, 0.2) is 24.3 Å². The van der Waals surface area contributed by atoms with E-state index in [9.17, 15) is 13.2 Å². The van der Waals surface area contributed by atoms with Crippen LogP contribution < -0.4 is 10.6 Å². The molecule has 17 heavy (non-hydrogen) atoms. The molecule has 6 heteroatoms. The molecule has 0 spiro atoms. The predicted octanol–water partition coefficient (Wildman–Crippen LogP) is 2.36. The van der Waals surface area contributed by atoms with Gasteiger partial charge in [0.05, 0.1) is 5.56 Å². The Hall–Kier alpha value is -0.780. The van der Waals surface area contributed by atoms with Gasteiger partial charge in [-0.25, -0.2) is 0 Å². The summed E-state index contributed by atoms with van der Waals surface area (Å²) >= 11 is 0. The Morgan fingerprint density at radius 2 is 1.71 bits per heavy atom. The quantitative estimate of drug-likeness (QED) is 0.815. The molecular formula is C11H14ClF3N2. The van der Waals surface area contributed by atoms with E-state index in [2.05, 4.69) is 10.6 Å². The first kappa shape index (κ1) is 14.3. The molecule has 1 aromatic rings. The lowest BCUT2D eigenvalue weighted by Gasteiger charge is -2.25. The molecule has 0 aliphatic carbocycles. The second kappa shape index (κ2) is 5.71. The molecular weight excluding hydrogens is 253 g/mol. The van der Waals surface area contributed by atoms with E-state index in [0.29, 0.717) is 0 Å². The third-order valence-corrected chi connectivity index (χ3v) is 2.68. The van der Waals surface area contributed by atoms with Gasteiger partial charge in [-0.3, -0.25) is 0 Å². The summed E-state index contributed by atoms with van der Waals surface area (Å²) in [5.41, 5.74) is 0.292. The molecule has 1 aliphatic heterocycles. The summed E-state index contributed by atoms with van der Waals surface area (Å²) in [6.45, 7) is 2.49. The Bertz CT molecular complexity index is 345. The number of halogens is 4. The number of nitrogens with one attached hydrogen (secondary N) is 2. The number of piperazine rings is 1. The standard InChI is InChI=1S/C11H13F3N2.ClH/c12-11(13,14)9-3-1-8(2-4-9)10-7-15-5-6-16-10;/h1-4,10,15-16H,5-7H2;1H/t10-;/m0./s1. The SMILES string of the molecule is Cl.FC(F)(F)c1ccc([C@@H]2CNCCN2)cc1. The van der Waals surface area contributed by atoms with Crippen molar-refractivity contribution < 1.29 is 13.2 Å². The molecule has 1 fully saturated rings. The summed E-state index contributed by atoms with van der Waals surface area (Å²) in [5, 5.41) is 6.44. The summed E-state index contributed by atoms with van der Waals surface area (Å²) in [7, 11) is 0. The number of rotatable bonds is 1. The molecule has 0 bridgehead atoms. The zero-order valence-electron chi connectivity index (χ0n) is 9.05. The summed E-state index contributed by atoms with van der Waals surface area (Å²) in [6, 6.07) is 5.44. The van der Waals surface area contributed by atoms with Crippen molar-refractivity contribution in [3.8, 4) is 0 Å². The maximum atomic E-state index is 12.3. The van der Waals surface area contributed by atoms with Gasteiger partial charge in [0.25, 0.3) is 0 Å². The van der Waals surface area contributed by atoms with Gasteiger partial charge in [0.1, 0.15) is 0 Å². The highest BCUT2D eigenvalue weighted by molar-refractivity contribution is 5.85. The van der Waals surface area contributed by atoms with Crippen molar-refractivity contribution >= 4 is 12.4 Å². The average Bonchev–Trinajstić information content (AvgIpc) is 2.29. The highest BCUT2D eigenvalue weighted by Gasteiger charge is 2.30. The number of hydrogen-bond acceptors (Lipinski definition) is 2. The molecule has 0 radical (unpaired) electrons. The van der Waals surface area contributed by atoms with Crippen LogP contribution >= 0.6 is 12.4 Å². The predicted molar refractivity (Wildman–Crippen MR) is 62.3 cm³/mol. The van der Waals surface area contributed by atoms with Crippen molar-refractivity contribution in [2.75, 3.05) is 19.6 Å². The molecule has 1 aliphatic rings. The Labute approximate surface area is 104 Å². The molecule has 0 amide bonds. The second-order valence-electron chi connectivity index (χ2n) is 3.83. The van der Waals surface area contributed by atoms with Gasteiger partial charge >= 0.3 is 6.18 Å². The van der Waals surface area contributed by atoms with Crippen molar-refractivity contribution in [3.63, 3.8) is 0 Å². The van der Waals surface area contributed by atoms with Gasteiger partial charge in [-0.05, 0) is 17.7 Å². The van der Waals surface area contributed by atoms with Crippen LogP contribution in [-0.2, 0) is 6.18 Å². The fourth-order valence-electron chi connectivity index (χ4n) is 1.79. The first-order valence-corrected chi connectivity index (χ1v) is 5.18. The zero-order chi connectivity index (χ0) is 11.6. The highest BCUT2D eigenvalue weighted by Crippen LogP contribution is 2.29.